The minimum atomic E-state index is -0.00563. The molecule has 1 aromatic carbocycles. The van der Waals surface area contributed by atoms with Crippen molar-refractivity contribution in [2.24, 2.45) is 5.92 Å². The Morgan fingerprint density at radius 1 is 1.16 bits per heavy atom. The first kappa shape index (κ1) is 13.1. The van der Waals surface area contributed by atoms with E-state index in [0.717, 1.165) is 24.6 Å². The highest BCUT2D eigenvalue weighted by molar-refractivity contribution is 5.28. The van der Waals surface area contributed by atoms with Crippen molar-refractivity contribution in [1.82, 2.24) is 5.32 Å². The molecule has 2 saturated carbocycles. The topological polar surface area (TPSA) is 12.0 Å². The average molecular weight is 261 g/mol. The first-order valence-electron chi connectivity index (χ1n) is 7.73. The van der Waals surface area contributed by atoms with Gasteiger partial charge >= 0.3 is 0 Å². The van der Waals surface area contributed by atoms with E-state index in [2.05, 4.69) is 18.3 Å². The van der Waals surface area contributed by atoms with Crippen molar-refractivity contribution < 1.29 is 4.39 Å². The standard InChI is InChI=1S/C17H24FN/c1-12-6-9-17(18)16(10-12)15-5-3-2-4-13(15)11-19-14-7-8-14/h6,9-10,13-15,19H,2-5,7-8,11H2,1H3. The molecule has 19 heavy (non-hydrogen) atoms. The number of nitrogens with one attached hydrogen (secondary N) is 1. The van der Waals surface area contributed by atoms with Crippen molar-refractivity contribution in [2.75, 3.05) is 6.54 Å². The lowest BCUT2D eigenvalue weighted by Crippen LogP contribution is -2.31. The van der Waals surface area contributed by atoms with E-state index in [-0.39, 0.29) is 5.82 Å². The Bertz CT molecular complexity index is 439. The molecule has 0 aromatic heterocycles. The summed E-state index contributed by atoms with van der Waals surface area (Å²) in [5.74, 6) is 1.03. The van der Waals surface area contributed by atoms with Gasteiger partial charge in [0.05, 0.1) is 0 Å². The summed E-state index contributed by atoms with van der Waals surface area (Å²) in [5.41, 5.74) is 2.14. The van der Waals surface area contributed by atoms with Gasteiger partial charge < -0.3 is 5.32 Å². The highest BCUT2D eigenvalue weighted by atomic mass is 19.1. The third kappa shape index (κ3) is 3.17. The minimum absolute atomic E-state index is 0.00563. The highest BCUT2D eigenvalue weighted by Crippen LogP contribution is 2.39. The van der Waals surface area contributed by atoms with Gasteiger partial charge in [0.2, 0.25) is 0 Å². The summed E-state index contributed by atoms with van der Waals surface area (Å²) in [5, 5.41) is 3.64. The van der Waals surface area contributed by atoms with Crippen LogP contribution < -0.4 is 5.32 Å². The zero-order valence-corrected chi connectivity index (χ0v) is 11.8. The summed E-state index contributed by atoms with van der Waals surface area (Å²) in [4.78, 5) is 0. The van der Waals surface area contributed by atoms with Crippen molar-refractivity contribution >= 4 is 0 Å². The second kappa shape index (κ2) is 5.62. The van der Waals surface area contributed by atoms with Crippen molar-refractivity contribution in [3.05, 3.63) is 35.1 Å². The van der Waals surface area contributed by atoms with Gasteiger partial charge in [0, 0.05) is 6.04 Å². The first-order valence-corrected chi connectivity index (χ1v) is 7.73. The van der Waals surface area contributed by atoms with Crippen LogP contribution in [0.2, 0.25) is 0 Å². The maximum Gasteiger partial charge on any atom is 0.126 e. The Morgan fingerprint density at radius 2 is 1.95 bits per heavy atom. The first-order chi connectivity index (χ1) is 9.24. The summed E-state index contributed by atoms with van der Waals surface area (Å²) >= 11 is 0. The molecule has 0 bridgehead atoms. The van der Waals surface area contributed by atoms with E-state index in [9.17, 15) is 4.39 Å². The molecular weight excluding hydrogens is 237 g/mol. The largest absolute Gasteiger partial charge is 0.314 e. The molecule has 1 aromatic rings. The molecule has 3 rings (SSSR count). The van der Waals surface area contributed by atoms with E-state index in [4.69, 9.17) is 0 Å². The predicted octanol–water partition coefficient (Wildman–Crippen LogP) is 4.16. The lowest BCUT2D eigenvalue weighted by atomic mass is 9.75. The molecule has 2 heteroatoms. The molecular formula is C17H24FN. The summed E-state index contributed by atoms with van der Waals surface area (Å²) in [7, 11) is 0. The van der Waals surface area contributed by atoms with E-state index in [1.165, 1.54) is 37.7 Å². The fourth-order valence-electron chi connectivity index (χ4n) is 3.41. The van der Waals surface area contributed by atoms with Crippen LogP contribution in [0, 0.1) is 18.7 Å². The van der Waals surface area contributed by atoms with Gasteiger partial charge in [-0.2, -0.15) is 0 Å². The van der Waals surface area contributed by atoms with Crippen molar-refractivity contribution in [3.8, 4) is 0 Å². The summed E-state index contributed by atoms with van der Waals surface area (Å²) in [6.07, 6.45) is 7.61. The van der Waals surface area contributed by atoms with Gasteiger partial charge in [0.15, 0.2) is 0 Å². The maximum atomic E-state index is 14.1. The lowest BCUT2D eigenvalue weighted by molar-refractivity contribution is 0.289. The predicted molar refractivity (Wildman–Crippen MR) is 76.9 cm³/mol. The molecule has 2 aliphatic rings. The molecule has 0 heterocycles. The summed E-state index contributed by atoms with van der Waals surface area (Å²) < 4.78 is 14.1. The number of halogens is 1. The molecule has 104 valence electrons. The molecule has 0 radical (unpaired) electrons. The molecule has 2 unspecified atom stereocenters. The minimum Gasteiger partial charge on any atom is -0.314 e. The van der Waals surface area contributed by atoms with Gasteiger partial charge in [-0.3, -0.25) is 0 Å². The van der Waals surface area contributed by atoms with Crippen LogP contribution in [0.15, 0.2) is 18.2 Å². The Balaban J connectivity index is 1.75. The highest BCUT2D eigenvalue weighted by Gasteiger charge is 2.30. The van der Waals surface area contributed by atoms with Crippen LogP contribution in [0.25, 0.3) is 0 Å². The average Bonchev–Trinajstić information content (AvgIpc) is 3.24. The van der Waals surface area contributed by atoms with Gasteiger partial charge in [-0.25, -0.2) is 4.39 Å². The second-order valence-electron chi connectivity index (χ2n) is 6.36. The molecule has 0 saturated heterocycles. The molecule has 2 fully saturated rings. The molecule has 1 N–H and O–H groups in total. The Hall–Kier alpha value is -0.890. The van der Waals surface area contributed by atoms with Gasteiger partial charge in [-0.15, -0.1) is 0 Å². The summed E-state index contributed by atoms with van der Waals surface area (Å²) in [6, 6.07) is 6.34. The van der Waals surface area contributed by atoms with Crippen LogP contribution in [0.3, 0.4) is 0 Å². The van der Waals surface area contributed by atoms with Gasteiger partial charge in [-0.1, -0.05) is 30.5 Å². The quantitative estimate of drug-likeness (QED) is 0.858. The Kier molecular flexibility index (Phi) is 3.88. The van der Waals surface area contributed by atoms with Crippen LogP contribution in [-0.2, 0) is 0 Å². The molecule has 0 spiro atoms. The summed E-state index contributed by atoms with van der Waals surface area (Å²) in [6.45, 7) is 3.13. The van der Waals surface area contributed by atoms with E-state index >= 15 is 0 Å². The number of hydrogen-bond acceptors (Lipinski definition) is 1. The van der Waals surface area contributed by atoms with E-state index in [1.54, 1.807) is 6.07 Å². The molecule has 0 aliphatic heterocycles. The van der Waals surface area contributed by atoms with Crippen LogP contribution in [0.4, 0.5) is 4.39 Å². The normalized spacial score (nSPS) is 27.5. The Morgan fingerprint density at radius 3 is 2.74 bits per heavy atom. The van der Waals surface area contributed by atoms with E-state index < -0.39 is 0 Å². The van der Waals surface area contributed by atoms with Crippen molar-refractivity contribution in [3.63, 3.8) is 0 Å². The van der Waals surface area contributed by atoms with Crippen LogP contribution in [-0.4, -0.2) is 12.6 Å². The van der Waals surface area contributed by atoms with E-state index in [1.807, 2.05) is 6.07 Å². The zero-order valence-electron chi connectivity index (χ0n) is 11.8. The third-order valence-electron chi connectivity index (χ3n) is 4.71. The SMILES string of the molecule is Cc1ccc(F)c(C2CCCCC2CNC2CC2)c1. The van der Waals surface area contributed by atoms with Gasteiger partial charge in [0.1, 0.15) is 5.82 Å². The molecule has 2 atom stereocenters. The fraction of sp³-hybridized carbons (Fsp3) is 0.647. The Labute approximate surface area is 115 Å². The van der Waals surface area contributed by atoms with Crippen LogP contribution in [0.1, 0.15) is 55.6 Å². The number of rotatable bonds is 4. The van der Waals surface area contributed by atoms with E-state index in [0.29, 0.717) is 11.8 Å². The molecule has 1 nitrogen and oxygen atoms in total. The zero-order chi connectivity index (χ0) is 13.2. The monoisotopic (exact) mass is 261 g/mol. The number of hydrogen-bond donors (Lipinski definition) is 1. The molecule has 2 aliphatic carbocycles. The van der Waals surface area contributed by atoms with Gasteiger partial charge in [0.25, 0.3) is 0 Å². The number of aryl methyl sites for hydroxylation is 1. The van der Waals surface area contributed by atoms with Crippen molar-refractivity contribution in [2.45, 2.75) is 57.4 Å². The van der Waals surface area contributed by atoms with Gasteiger partial charge in [-0.05, 0) is 62.6 Å². The lowest BCUT2D eigenvalue weighted by Gasteiger charge is -2.32. The maximum absolute atomic E-state index is 14.1. The number of benzene rings is 1. The van der Waals surface area contributed by atoms with Crippen LogP contribution in [0.5, 0.6) is 0 Å². The smallest absolute Gasteiger partial charge is 0.126 e. The second-order valence-corrected chi connectivity index (χ2v) is 6.36. The molecule has 0 amide bonds. The fourth-order valence-corrected chi connectivity index (χ4v) is 3.41. The van der Waals surface area contributed by atoms with Crippen molar-refractivity contribution in [1.29, 1.82) is 0 Å². The van der Waals surface area contributed by atoms with Crippen LogP contribution >= 0.6 is 0 Å². The third-order valence-corrected chi connectivity index (χ3v) is 4.71.